The molecular weight excluding hydrogens is 386 g/mol. The SMILES string of the molecule is CCON=C1/C=C/CC/C=C/C[C@H](c2ccccc2)OC(=O)c2c(C)cc(C)cc2C1. The summed E-state index contributed by atoms with van der Waals surface area (Å²) in [6.45, 7) is 6.41. The summed E-state index contributed by atoms with van der Waals surface area (Å²) >= 11 is 0. The zero-order valence-electron chi connectivity index (χ0n) is 18.6. The number of benzene rings is 2. The summed E-state index contributed by atoms with van der Waals surface area (Å²) in [6, 6.07) is 14.0. The Bertz CT molecular complexity index is 973. The summed E-state index contributed by atoms with van der Waals surface area (Å²) in [6.07, 6.45) is 11.0. The average molecular weight is 418 g/mol. The highest BCUT2D eigenvalue weighted by Crippen LogP contribution is 2.27. The van der Waals surface area contributed by atoms with Crippen molar-refractivity contribution >= 4 is 11.7 Å². The standard InChI is InChI=1S/C27H31NO3/c1-4-30-28-24-15-11-6-5-7-12-16-25(22-13-9-8-10-14-22)31-27(29)26-21(3)17-20(2)18-23(26)19-24/h7-15,17-18,25H,4-6,16,19H2,1-3H3/b12-7+,15-11+,28-24?/t25-/m1/s1. The van der Waals surface area contributed by atoms with Crippen molar-refractivity contribution in [1.82, 2.24) is 0 Å². The first-order valence-corrected chi connectivity index (χ1v) is 10.9. The number of cyclic esters (lactones) is 1. The van der Waals surface area contributed by atoms with Crippen molar-refractivity contribution < 1.29 is 14.4 Å². The van der Waals surface area contributed by atoms with Gasteiger partial charge in [-0.25, -0.2) is 4.79 Å². The van der Waals surface area contributed by atoms with Gasteiger partial charge in [0, 0.05) is 12.8 Å². The molecule has 1 aliphatic rings. The molecule has 3 rings (SSSR count). The third-order valence-corrected chi connectivity index (χ3v) is 5.20. The van der Waals surface area contributed by atoms with E-state index in [-0.39, 0.29) is 12.1 Å². The highest BCUT2D eigenvalue weighted by molar-refractivity contribution is 6.00. The molecule has 0 aliphatic carbocycles. The lowest BCUT2D eigenvalue weighted by Gasteiger charge is -2.20. The minimum Gasteiger partial charge on any atom is -0.454 e. The topological polar surface area (TPSA) is 47.9 Å². The molecule has 0 radical (unpaired) electrons. The van der Waals surface area contributed by atoms with Crippen molar-refractivity contribution in [3.05, 3.63) is 94.6 Å². The van der Waals surface area contributed by atoms with E-state index < -0.39 is 0 Å². The number of ether oxygens (including phenoxy) is 1. The van der Waals surface area contributed by atoms with E-state index in [1.807, 2.05) is 69.3 Å². The maximum atomic E-state index is 13.4. The lowest BCUT2D eigenvalue weighted by atomic mass is 9.94. The summed E-state index contributed by atoms with van der Waals surface area (Å²) in [5.41, 5.74) is 5.33. The van der Waals surface area contributed by atoms with Crippen LogP contribution >= 0.6 is 0 Å². The summed E-state index contributed by atoms with van der Waals surface area (Å²) in [7, 11) is 0. The number of oxime groups is 1. The van der Waals surface area contributed by atoms with Gasteiger partial charge in [0.15, 0.2) is 0 Å². The van der Waals surface area contributed by atoms with Crippen LogP contribution in [0.4, 0.5) is 0 Å². The van der Waals surface area contributed by atoms with Gasteiger partial charge in [-0.1, -0.05) is 71.4 Å². The Morgan fingerprint density at radius 2 is 1.84 bits per heavy atom. The van der Waals surface area contributed by atoms with Crippen LogP contribution in [0.5, 0.6) is 0 Å². The first-order valence-electron chi connectivity index (χ1n) is 10.9. The van der Waals surface area contributed by atoms with Gasteiger partial charge in [0.1, 0.15) is 12.7 Å². The number of hydrogen-bond acceptors (Lipinski definition) is 4. The Morgan fingerprint density at radius 3 is 2.61 bits per heavy atom. The van der Waals surface area contributed by atoms with Crippen LogP contribution in [0.2, 0.25) is 0 Å². The second-order valence-corrected chi connectivity index (χ2v) is 7.78. The van der Waals surface area contributed by atoms with E-state index in [1.165, 1.54) is 0 Å². The van der Waals surface area contributed by atoms with Gasteiger partial charge in [0.2, 0.25) is 0 Å². The molecule has 0 unspecified atom stereocenters. The molecule has 0 fully saturated rings. The van der Waals surface area contributed by atoms with E-state index in [0.29, 0.717) is 25.0 Å². The van der Waals surface area contributed by atoms with Crippen molar-refractivity contribution in [2.24, 2.45) is 5.16 Å². The average Bonchev–Trinajstić information content (AvgIpc) is 2.75. The number of nitrogens with zero attached hydrogens (tertiary/aromatic N) is 1. The molecule has 0 saturated carbocycles. The zero-order valence-corrected chi connectivity index (χ0v) is 18.6. The number of carbonyl (C=O) groups is 1. The third-order valence-electron chi connectivity index (χ3n) is 5.20. The number of hydrogen-bond donors (Lipinski definition) is 0. The normalized spacial score (nSPS) is 20.9. The molecule has 2 aromatic rings. The molecule has 0 saturated heterocycles. The molecule has 1 aliphatic heterocycles. The van der Waals surface area contributed by atoms with Crippen molar-refractivity contribution in [3.63, 3.8) is 0 Å². The second kappa shape index (κ2) is 11.3. The smallest absolute Gasteiger partial charge is 0.339 e. The minimum atomic E-state index is -0.325. The van der Waals surface area contributed by atoms with Gasteiger partial charge in [0.05, 0.1) is 11.3 Å². The molecule has 2 aromatic carbocycles. The van der Waals surface area contributed by atoms with Gasteiger partial charge in [-0.2, -0.15) is 0 Å². The number of carbonyl (C=O) groups excluding carboxylic acids is 1. The highest BCUT2D eigenvalue weighted by Gasteiger charge is 2.22. The summed E-state index contributed by atoms with van der Waals surface area (Å²) in [5, 5.41) is 4.28. The second-order valence-electron chi connectivity index (χ2n) is 7.78. The van der Waals surface area contributed by atoms with Crippen LogP contribution in [0.25, 0.3) is 0 Å². The predicted molar refractivity (Wildman–Crippen MR) is 125 cm³/mol. The molecule has 0 aromatic heterocycles. The summed E-state index contributed by atoms with van der Waals surface area (Å²) in [5.74, 6) is -0.299. The fraction of sp³-hybridized carbons (Fsp3) is 0.333. The van der Waals surface area contributed by atoms with E-state index in [1.54, 1.807) is 0 Å². The lowest BCUT2D eigenvalue weighted by molar-refractivity contribution is 0.0301. The molecular formula is C27H31NO3. The first-order chi connectivity index (χ1) is 15.1. The number of fused-ring (bicyclic) bond motifs is 1. The van der Waals surface area contributed by atoms with Gasteiger partial charge in [-0.05, 0) is 56.4 Å². The molecule has 1 atom stereocenters. The van der Waals surface area contributed by atoms with Crippen LogP contribution in [0.1, 0.15) is 64.9 Å². The van der Waals surface area contributed by atoms with Crippen molar-refractivity contribution in [1.29, 1.82) is 0 Å². The van der Waals surface area contributed by atoms with E-state index in [0.717, 1.165) is 40.8 Å². The molecule has 4 heteroatoms. The Labute approximate surface area is 185 Å². The first kappa shape index (κ1) is 22.5. The molecule has 0 N–H and O–H groups in total. The van der Waals surface area contributed by atoms with Crippen LogP contribution in [-0.2, 0) is 16.0 Å². The van der Waals surface area contributed by atoms with Gasteiger partial charge >= 0.3 is 5.97 Å². The van der Waals surface area contributed by atoms with Crippen molar-refractivity contribution in [2.75, 3.05) is 6.61 Å². The van der Waals surface area contributed by atoms with Crippen LogP contribution in [0.15, 0.2) is 71.9 Å². The largest absolute Gasteiger partial charge is 0.454 e. The van der Waals surface area contributed by atoms with E-state index >= 15 is 0 Å². The fourth-order valence-electron chi connectivity index (χ4n) is 3.81. The maximum absolute atomic E-state index is 13.4. The molecule has 0 bridgehead atoms. The van der Waals surface area contributed by atoms with Gasteiger partial charge in [0.25, 0.3) is 0 Å². The number of aryl methyl sites for hydroxylation is 2. The van der Waals surface area contributed by atoms with E-state index in [9.17, 15) is 4.79 Å². The fourth-order valence-corrected chi connectivity index (χ4v) is 3.81. The Kier molecular flexibility index (Phi) is 8.22. The van der Waals surface area contributed by atoms with Crippen LogP contribution in [-0.4, -0.2) is 18.3 Å². The van der Waals surface area contributed by atoms with Crippen LogP contribution < -0.4 is 0 Å². The quantitative estimate of drug-likeness (QED) is 0.328. The Balaban J connectivity index is 2.03. The third kappa shape index (κ3) is 6.42. The predicted octanol–water partition coefficient (Wildman–Crippen LogP) is 6.43. The van der Waals surface area contributed by atoms with Gasteiger partial charge < -0.3 is 9.57 Å². The van der Waals surface area contributed by atoms with Gasteiger partial charge in [-0.15, -0.1) is 0 Å². The Morgan fingerprint density at radius 1 is 1.06 bits per heavy atom. The molecule has 162 valence electrons. The number of esters is 1. The minimum absolute atomic E-state index is 0.299. The van der Waals surface area contributed by atoms with E-state index in [2.05, 4.69) is 23.4 Å². The molecule has 0 spiro atoms. The van der Waals surface area contributed by atoms with Crippen molar-refractivity contribution in [3.8, 4) is 0 Å². The summed E-state index contributed by atoms with van der Waals surface area (Å²) < 4.78 is 6.07. The zero-order chi connectivity index (χ0) is 22.1. The lowest BCUT2D eigenvalue weighted by Crippen LogP contribution is -2.16. The van der Waals surface area contributed by atoms with Crippen LogP contribution in [0.3, 0.4) is 0 Å². The monoisotopic (exact) mass is 417 g/mol. The molecule has 0 amide bonds. The summed E-state index contributed by atoms with van der Waals surface area (Å²) in [4.78, 5) is 18.7. The van der Waals surface area contributed by atoms with Crippen molar-refractivity contribution in [2.45, 2.75) is 52.6 Å². The number of rotatable bonds is 3. The van der Waals surface area contributed by atoms with E-state index in [4.69, 9.17) is 9.57 Å². The van der Waals surface area contributed by atoms with Crippen LogP contribution in [0, 0.1) is 13.8 Å². The Hall–Kier alpha value is -3.14. The molecule has 4 nitrogen and oxygen atoms in total. The number of allylic oxidation sites excluding steroid dienone is 3. The highest BCUT2D eigenvalue weighted by atomic mass is 16.6. The molecule has 1 heterocycles. The maximum Gasteiger partial charge on any atom is 0.339 e. The molecule has 31 heavy (non-hydrogen) atoms. The van der Waals surface area contributed by atoms with Gasteiger partial charge in [-0.3, -0.25) is 0 Å².